The van der Waals surface area contributed by atoms with Gasteiger partial charge in [0.15, 0.2) is 5.82 Å². The number of nitrogens with zero attached hydrogens (tertiary/aromatic N) is 3. The largest absolute Gasteiger partial charge is 0.305 e. The summed E-state index contributed by atoms with van der Waals surface area (Å²) in [6.07, 6.45) is 2.35. The fraction of sp³-hybridized carbons (Fsp3) is 0.211. The van der Waals surface area contributed by atoms with Crippen LogP contribution in [0.2, 0.25) is 10.0 Å². The molecule has 1 N–H and O–H groups in total. The number of fused-ring (bicyclic) bond motifs is 1. The molecule has 5 nitrogen and oxygen atoms in total. The lowest BCUT2D eigenvalue weighted by molar-refractivity contribution is 0.240. The molecule has 3 aromatic rings. The number of hydrogen-bond acceptors (Lipinski definition) is 4. The van der Waals surface area contributed by atoms with Crippen molar-refractivity contribution in [2.45, 2.75) is 19.5 Å². The third kappa shape index (κ3) is 3.51. The molecular weight excluding hydrogens is 371 g/mol. The Morgan fingerprint density at radius 3 is 2.81 bits per heavy atom. The van der Waals surface area contributed by atoms with Gasteiger partial charge < -0.3 is 4.98 Å². The number of benzene rings is 1. The molecule has 0 saturated heterocycles. The van der Waals surface area contributed by atoms with Crippen molar-refractivity contribution in [3.8, 4) is 11.5 Å². The zero-order chi connectivity index (χ0) is 18.1. The minimum atomic E-state index is -0.0789. The van der Waals surface area contributed by atoms with Gasteiger partial charge in [-0.05, 0) is 36.2 Å². The van der Waals surface area contributed by atoms with Crippen molar-refractivity contribution in [2.24, 2.45) is 0 Å². The van der Waals surface area contributed by atoms with E-state index in [0.29, 0.717) is 34.5 Å². The molecule has 1 aliphatic heterocycles. The van der Waals surface area contributed by atoms with Crippen LogP contribution in [0.5, 0.6) is 0 Å². The zero-order valence-corrected chi connectivity index (χ0v) is 15.4. The standard InChI is InChI=1S/C19H16Cl2N4O/c20-14-5-4-12(9-15(14)21)10-25-8-6-13-17(11-25)23-18(24-19(13)26)16-3-1-2-7-22-16/h1-5,7,9H,6,8,10-11H2,(H,23,24,26). The quantitative estimate of drug-likeness (QED) is 0.745. The van der Waals surface area contributed by atoms with Crippen molar-refractivity contribution < 1.29 is 0 Å². The number of pyridine rings is 1. The minimum absolute atomic E-state index is 0.0789. The number of H-pyrrole nitrogens is 1. The number of nitrogens with one attached hydrogen (secondary N) is 1. The lowest BCUT2D eigenvalue weighted by Crippen LogP contribution is -2.35. The molecule has 3 heterocycles. The van der Waals surface area contributed by atoms with Gasteiger partial charge in [0.05, 0.1) is 15.7 Å². The summed E-state index contributed by atoms with van der Waals surface area (Å²) in [6.45, 7) is 2.13. The second-order valence-electron chi connectivity index (χ2n) is 6.26. The predicted molar refractivity (Wildman–Crippen MR) is 102 cm³/mol. The fourth-order valence-electron chi connectivity index (χ4n) is 3.15. The van der Waals surface area contributed by atoms with E-state index >= 15 is 0 Å². The summed E-state index contributed by atoms with van der Waals surface area (Å²) in [7, 11) is 0. The molecule has 0 amide bonds. The molecule has 0 saturated carbocycles. The molecule has 0 bridgehead atoms. The highest BCUT2D eigenvalue weighted by Gasteiger charge is 2.21. The van der Waals surface area contributed by atoms with Crippen LogP contribution >= 0.6 is 23.2 Å². The van der Waals surface area contributed by atoms with Crippen molar-refractivity contribution in [2.75, 3.05) is 6.54 Å². The van der Waals surface area contributed by atoms with Crippen LogP contribution in [0.1, 0.15) is 16.8 Å². The predicted octanol–water partition coefficient (Wildman–Crippen LogP) is 3.70. The van der Waals surface area contributed by atoms with Crippen molar-refractivity contribution in [3.63, 3.8) is 0 Å². The van der Waals surface area contributed by atoms with Crippen LogP contribution in [0.15, 0.2) is 47.4 Å². The highest BCUT2D eigenvalue weighted by molar-refractivity contribution is 6.42. The maximum Gasteiger partial charge on any atom is 0.254 e. The van der Waals surface area contributed by atoms with Gasteiger partial charge in [-0.15, -0.1) is 0 Å². The van der Waals surface area contributed by atoms with Gasteiger partial charge in [-0.1, -0.05) is 35.3 Å². The zero-order valence-electron chi connectivity index (χ0n) is 13.9. The van der Waals surface area contributed by atoms with E-state index in [0.717, 1.165) is 29.9 Å². The van der Waals surface area contributed by atoms with Crippen LogP contribution in [0, 0.1) is 0 Å². The van der Waals surface area contributed by atoms with Gasteiger partial charge in [0.25, 0.3) is 5.56 Å². The van der Waals surface area contributed by atoms with E-state index in [4.69, 9.17) is 23.2 Å². The summed E-state index contributed by atoms with van der Waals surface area (Å²) in [6, 6.07) is 11.2. The first kappa shape index (κ1) is 17.2. The Morgan fingerprint density at radius 1 is 1.15 bits per heavy atom. The molecule has 2 aromatic heterocycles. The molecule has 1 aromatic carbocycles. The van der Waals surface area contributed by atoms with Crippen LogP contribution in [0.25, 0.3) is 11.5 Å². The highest BCUT2D eigenvalue weighted by Crippen LogP contribution is 2.24. The van der Waals surface area contributed by atoms with E-state index in [2.05, 4.69) is 19.9 Å². The Morgan fingerprint density at radius 2 is 2.04 bits per heavy atom. The summed E-state index contributed by atoms with van der Waals surface area (Å²) in [4.78, 5) is 26.5. The van der Waals surface area contributed by atoms with Crippen LogP contribution in [0.3, 0.4) is 0 Å². The molecule has 1 aliphatic rings. The lowest BCUT2D eigenvalue weighted by Gasteiger charge is -2.27. The van der Waals surface area contributed by atoms with Gasteiger partial charge >= 0.3 is 0 Å². The highest BCUT2D eigenvalue weighted by atomic mass is 35.5. The molecule has 132 valence electrons. The number of rotatable bonds is 3. The number of hydrogen-bond donors (Lipinski definition) is 1. The van der Waals surface area contributed by atoms with E-state index in [1.165, 1.54) is 0 Å². The number of aromatic nitrogens is 3. The summed E-state index contributed by atoms with van der Waals surface area (Å²) >= 11 is 12.1. The average Bonchev–Trinajstić information content (AvgIpc) is 2.65. The molecule has 0 aliphatic carbocycles. The maximum atomic E-state index is 12.4. The van der Waals surface area contributed by atoms with E-state index in [9.17, 15) is 4.79 Å². The number of aromatic amines is 1. The first-order valence-electron chi connectivity index (χ1n) is 8.30. The van der Waals surface area contributed by atoms with Crippen molar-refractivity contribution in [1.82, 2.24) is 19.9 Å². The van der Waals surface area contributed by atoms with Crippen LogP contribution in [-0.4, -0.2) is 26.4 Å². The fourth-order valence-corrected chi connectivity index (χ4v) is 3.47. The van der Waals surface area contributed by atoms with Gasteiger partial charge in [0.1, 0.15) is 5.69 Å². The summed E-state index contributed by atoms with van der Waals surface area (Å²) in [5, 5.41) is 1.10. The Bertz CT molecular complexity index is 1000. The molecule has 0 atom stereocenters. The average molecular weight is 387 g/mol. The first-order valence-corrected chi connectivity index (χ1v) is 9.05. The van der Waals surface area contributed by atoms with Crippen LogP contribution in [0.4, 0.5) is 0 Å². The summed E-state index contributed by atoms with van der Waals surface area (Å²) in [5.41, 5.74) is 3.23. The Labute approximate surface area is 160 Å². The van der Waals surface area contributed by atoms with Gasteiger partial charge in [-0.2, -0.15) is 0 Å². The van der Waals surface area contributed by atoms with Crippen LogP contribution < -0.4 is 5.56 Å². The summed E-state index contributed by atoms with van der Waals surface area (Å²) in [5.74, 6) is 0.505. The second kappa shape index (κ2) is 7.19. The van der Waals surface area contributed by atoms with Crippen molar-refractivity contribution >= 4 is 23.2 Å². The Kier molecular flexibility index (Phi) is 4.76. The van der Waals surface area contributed by atoms with Gasteiger partial charge in [-0.3, -0.25) is 14.7 Å². The van der Waals surface area contributed by atoms with E-state index in [-0.39, 0.29) is 5.56 Å². The van der Waals surface area contributed by atoms with E-state index in [1.807, 2.05) is 30.3 Å². The monoisotopic (exact) mass is 386 g/mol. The SMILES string of the molecule is O=c1[nH]c(-c2ccccn2)nc2c1CCN(Cc1ccc(Cl)c(Cl)c1)C2. The van der Waals surface area contributed by atoms with E-state index < -0.39 is 0 Å². The van der Waals surface area contributed by atoms with Gasteiger partial charge in [0, 0.05) is 31.4 Å². The van der Waals surface area contributed by atoms with Crippen molar-refractivity contribution in [1.29, 1.82) is 0 Å². The smallest absolute Gasteiger partial charge is 0.254 e. The molecule has 0 fully saturated rings. The van der Waals surface area contributed by atoms with Gasteiger partial charge in [0.2, 0.25) is 0 Å². The Balaban J connectivity index is 1.60. The molecule has 0 unspecified atom stereocenters. The number of halogens is 2. The lowest BCUT2D eigenvalue weighted by atomic mass is 10.1. The van der Waals surface area contributed by atoms with Crippen molar-refractivity contribution in [3.05, 3.63) is 79.8 Å². The van der Waals surface area contributed by atoms with Gasteiger partial charge in [-0.25, -0.2) is 4.98 Å². The molecule has 4 rings (SSSR count). The third-order valence-corrected chi connectivity index (χ3v) is 5.19. The van der Waals surface area contributed by atoms with E-state index in [1.54, 1.807) is 12.3 Å². The maximum absolute atomic E-state index is 12.4. The normalized spacial score (nSPS) is 14.2. The molecule has 0 spiro atoms. The Hall–Kier alpha value is -2.21. The third-order valence-electron chi connectivity index (χ3n) is 4.45. The summed E-state index contributed by atoms with van der Waals surface area (Å²) < 4.78 is 0. The first-order chi connectivity index (χ1) is 12.6. The molecule has 7 heteroatoms. The molecule has 0 radical (unpaired) electrons. The topological polar surface area (TPSA) is 61.9 Å². The minimum Gasteiger partial charge on any atom is -0.305 e. The van der Waals surface area contributed by atoms with Crippen LogP contribution in [-0.2, 0) is 19.5 Å². The molecular formula is C19H16Cl2N4O. The molecule has 26 heavy (non-hydrogen) atoms. The second-order valence-corrected chi connectivity index (χ2v) is 7.08.